The van der Waals surface area contributed by atoms with E-state index >= 15 is 0 Å². The van der Waals surface area contributed by atoms with Crippen LogP contribution in [0.4, 0.5) is 0 Å². The largest absolute Gasteiger partial charge is 0.428 e. The average molecular weight is 496 g/mol. The lowest BCUT2D eigenvalue weighted by molar-refractivity contribution is -0.632. The van der Waals surface area contributed by atoms with Gasteiger partial charge in [-0.15, -0.1) is 0 Å². The van der Waals surface area contributed by atoms with Crippen LogP contribution < -0.4 is 0 Å². The summed E-state index contributed by atoms with van der Waals surface area (Å²) in [6.07, 6.45) is -7.73. The van der Waals surface area contributed by atoms with Crippen molar-refractivity contribution in [1.29, 1.82) is 0 Å². The molecule has 0 bridgehead atoms. The van der Waals surface area contributed by atoms with E-state index in [1.165, 1.54) is 0 Å². The Morgan fingerprint density at radius 3 is 1.35 bits per heavy atom. The van der Waals surface area contributed by atoms with Gasteiger partial charge < -0.3 is 48.8 Å². The Labute approximate surface area is 188 Å². The third kappa shape index (κ3) is 3.67. The molecule has 4 aliphatic heterocycles. The fraction of sp³-hybridized carbons (Fsp3) is 0.875. The van der Waals surface area contributed by atoms with E-state index in [0.717, 1.165) is 0 Å². The van der Waals surface area contributed by atoms with Crippen LogP contribution in [0, 0.1) is 20.2 Å². The lowest BCUT2D eigenvalue weighted by Crippen LogP contribution is -2.52. The number of rotatable bonds is 7. The molecule has 190 valence electrons. The van der Waals surface area contributed by atoms with Crippen LogP contribution in [0.15, 0.2) is 0 Å². The summed E-state index contributed by atoms with van der Waals surface area (Å²) in [6, 6.07) is 0. The van der Waals surface area contributed by atoms with Gasteiger partial charge in [0.05, 0.1) is 22.7 Å². The van der Waals surface area contributed by atoms with Gasteiger partial charge in [-0.3, -0.25) is 29.8 Å². The van der Waals surface area contributed by atoms with E-state index in [0.29, 0.717) is 0 Å². The maximum atomic E-state index is 12.1. The fourth-order valence-electron chi connectivity index (χ4n) is 4.20. The standard InChI is InChI=1S/C16H20N2O16/c19-7(33-15(23)5-31-9-11(15)29-3-13(9,21)17(25)26)1-2-8(20)34-16(24)6-32-10-12(16)30-4-14(10,22)18(27)28/h9-12,21-24H,1-6H2/t9-,10-,11-,12-,13+,14+,15-,16-/m0/s1. The van der Waals surface area contributed by atoms with E-state index in [4.69, 9.17) is 28.4 Å². The van der Waals surface area contributed by atoms with Crippen LogP contribution >= 0.6 is 0 Å². The van der Waals surface area contributed by atoms with Gasteiger partial charge in [0.1, 0.15) is 26.4 Å². The Morgan fingerprint density at radius 1 is 0.706 bits per heavy atom. The lowest BCUT2D eigenvalue weighted by atomic mass is 10.0. The van der Waals surface area contributed by atoms with Crippen molar-refractivity contribution in [2.75, 3.05) is 26.4 Å². The predicted molar refractivity (Wildman–Crippen MR) is 94.2 cm³/mol. The number of nitro groups is 2. The minimum atomic E-state index is -2.65. The molecule has 0 radical (unpaired) electrons. The van der Waals surface area contributed by atoms with E-state index in [2.05, 4.69) is 0 Å². The summed E-state index contributed by atoms with van der Waals surface area (Å²) in [7, 11) is 0. The van der Waals surface area contributed by atoms with Crippen LogP contribution in [0.2, 0.25) is 0 Å². The van der Waals surface area contributed by atoms with Gasteiger partial charge in [-0.2, -0.15) is 0 Å². The summed E-state index contributed by atoms with van der Waals surface area (Å²) in [5.41, 5.74) is -5.29. The molecule has 0 aromatic heterocycles. The number of aliphatic hydroxyl groups is 4. The summed E-state index contributed by atoms with van der Waals surface area (Å²) in [4.78, 5) is 44.3. The number of carbonyl (C=O) groups is 2. The molecule has 18 nitrogen and oxygen atoms in total. The van der Waals surface area contributed by atoms with Crippen LogP contribution in [-0.2, 0) is 38.0 Å². The Kier molecular flexibility index (Phi) is 5.76. The molecule has 4 rings (SSSR count). The predicted octanol–water partition coefficient (Wildman–Crippen LogP) is -4.24. The zero-order valence-electron chi connectivity index (χ0n) is 17.1. The maximum absolute atomic E-state index is 12.1. The topological polar surface area (TPSA) is 257 Å². The van der Waals surface area contributed by atoms with Gasteiger partial charge >= 0.3 is 23.4 Å². The van der Waals surface area contributed by atoms with Crippen molar-refractivity contribution >= 4 is 11.9 Å². The third-order valence-electron chi connectivity index (χ3n) is 5.99. The van der Waals surface area contributed by atoms with Gasteiger partial charge in [-0.25, -0.2) is 0 Å². The maximum Gasteiger partial charge on any atom is 0.374 e. The summed E-state index contributed by atoms with van der Waals surface area (Å²) in [5, 5.41) is 63.1. The van der Waals surface area contributed by atoms with Gasteiger partial charge in [-0.05, 0) is 0 Å². The quantitative estimate of drug-likeness (QED) is 0.113. The summed E-state index contributed by atoms with van der Waals surface area (Å²) >= 11 is 0. The number of nitrogens with zero attached hydrogens (tertiary/aromatic N) is 2. The van der Waals surface area contributed by atoms with Crippen LogP contribution in [0.25, 0.3) is 0 Å². The van der Waals surface area contributed by atoms with Gasteiger partial charge in [-0.1, -0.05) is 0 Å². The first-order valence-corrected chi connectivity index (χ1v) is 9.84. The molecule has 0 amide bonds. The minimum Gasteiger partial charge on any atom is -0.428 e. The Balaban J connectivity index is 1.29. The van der Waals surface area contributed by atoms with Gasteiger partial charge in [0.25, 0.3) is 11.6 Å². The number of ether oxygens (including phenoxy) is 6. The number of carbonyl (C=O) groups excluding carboxylic acids is 2. The Bertz CT molecular complexity index is 843. The number of esters is 2. The van der Waals surface area contributed by atoms with Gasteiger partial charge in [0.2, 0.25) is 0 Å². The van der Waals surface area contributed by atoms with Crippen molar-refractivity contribution < 1.29 is 68.3 Å². The normalized spacial score (nSPS) is 44.9. The number of fused-ring (bicyclic) bond motifs is 2. The third-order valence-corrected chi connectivity index (χ3v) is 5.99. The number of hydrogen-bond donors (Lipinski definition) is 4. The van der Waals surface area contributed by atoms with Gasteiger partial charge in [0, 0.05) is 0 Å². The van der Waals surface area contributed by atoms with Crippen LogP contribution in [0.3, 0.4) is 0 Å². The van der Waals surface area contributed by atoms with E-state index in [1.807, 2.05) is 0 Å². The minimum absolute atomic E-state index is 0.692. The first-order chi connectivity index (χ1) is 15.8. The smallest absolute Gasteiger partial charge is 0.374 e. The van der Waals surface area contributed by atoms with E-state index < -0.39 is 108 Å². The highest BCUT2D eigenvalue weighted by Crippen LogP contribution is 2.41. The Hall–Kier alpha value is -2.58. The summed E-state index contributed by atoms with van der Waals surface area (Å²) < 4.78 is 29.7. The molecule has 0 saturated carbocycles. The van der Waals surface area contributed by atoms with Crippen molar-refractivity contribution in [2.24, 2.45) is 0 Å². The molecule has 0 aromatic rings. The van der Waals surface area contributed by atoms with Crippen molar-refractivity contribution in [1.82, 2.24) is 0 Å². The average Bonchev–Trinajstić information content (AvgIpc) is 3.46. The van der Waals surface area contributed by atoms with Gasteiger partial charge in [0.15, 0.2) is 24.4 Å². The second-order valence-electron chi connectivity index (χ2n) is 8.34. The zero-order chi connectivity index (χ0) is 25.1. The SMILES string of the molecule is O=C(CCC(=O)O[C@@]1(O)CO[C@H]2[C@@H]1OC[C@]2(O)[N+](=O)[O-])O[C@@]1(O)CO[C@H]2[C@@H]1OC[C@]2(O)[N+](=O)[O-]. The van der Waals surface area contributed by atoms with E-state index in [1.54, 1.807) is 0 Å². The molecule has 0 unspecified atom stereocenters. The highest BCUT2D eigenvalue weighted by molar-refractivity contribution is 5.78. The highest BCUT2D eigenvalue weighted by Gasteiger charge is 2.71. The molecule has 4 heterocycles. The Morgan fingerprint density at radius 2 is 1.03 bits per heavy atom. The molecular formula is C16H20N2O16. The van der Waals surface area contributed by atoms with Crippen molar-refractivity contribution in [3.05, 3.63) is 20.2 Å². The molecule has 0 spiro atoms. The van der Waals surface area contributed by atoms with Crippen LogP contribution in [-0.4, -0.2) is 116 Å². The van der Waals surface area contributed by atoms with Crippen molar-refractivity contribution in [3.63, 3.8) is 0 Å². The number of hydrogen-bond acceptors (Lipinski definition) is 16. The van der Waals surface area contributed by atoms with E-state index in [-0.39, 0.29) is 0 Å². The molecule has 4 aliphatic rings. The second kappa shape index (κ2) is 7.99. The zero-order valence-corrected chi connectivity index (χ0v) is 17.1. The summed E-state index contributed by atoms with van der Waals surface area (Å²) in [5.74, 6) is -7.28. The molecule has 4 saturated heterocycles. The summed E-state index contributed by atoms with van der Waals surface area (Å²) in [6.45, 7) is -3.13. The molecule has 0 aliphatic carbocycles. The molecule has 4 N–H and O–H groups in total. The lowest BCUT2D eigenvalue weighted by Gasteiger charge is -2.27. The molecule has 18 heteroatoms. The first-order valence-electron chi connectivity index (χ1n) is 9.84. The molecule has 34 heavy (non-hydrogen) atoms. The molecule has 0 aromatic carbocycles. The van der Waals surface area contributed by atoms with E-state index in [9.17, 15) is 50.2 Å². The van der Waals surface area contributed by atoms with Crippen molar-refractivity contribution in [3.8, 4) is 0 Å². The first kappa shape index (κ1) is 24.5. The fourth-order valence-corrected chi connectivity index (χ4v) is 4.20. The van der Waals surface area contributed by atoms with Crippen LogP contribution in [0.1, 0.15) is 12.8 Å². The molecule has 4 fully saturated rings. The molecule has 8 atom stereocenters. The molecular weight excluding hydrogens is 476 g/mol. The second-order valence-corrected chi connectivity index (χ2v) is 8.34. The highest BCUT2D eigenvalue weighted by atomic mass is 16.8. The van der Waals surface area contributed by atoms with Crippen LogP contribution in [0.5, 0.6) is 0 Å². The monoisotopic (exact) mass is 496 g/mol. The van der Waals surface area contributed by atoms with Crippen molar-refractivity contribution in [2.45, 2.75) is 60.3 Å².